The van der Waals surface area contributed by atoms with Gasteiger partial charge in [-0.25, -0.2) is 0 Å². The van der Waals surface area contributed by atoms with Crippen LogP contribution in [0.2, 0.25) is 0 Å². The van der Waals surface area contributed by atoms with Gasteiger partial charge in [-0.15, -0.1) is 0 Å². The van der Waals surface area contributed by atoms with Crippen molar-refractivity contribution in [2.45, 2.75) is 19.9 Å². The van der Waals surface area contributed by atoms with E-state index < -0.39 is 0 Å². The van der Waals surface area contributed by atoms with Crippen LogP contribution in [0.3, 0.4) is 0 Å². The summed E-state index contributed by atoms with van der Waals surface area (Å²) in [5.41, 5.74) is 2.37. The highest BCUT2D eigenvalue weighted by molar-refractivity contribution is 5.46. The Labute approximate surface area is 115 Å². The molecule has 0 bridgehead atoms. The maximum atomic E-state index is 8.97. The summed E-state index contributed by atoms with van der Waals surface area (Å²) in [7, 11) is 2.00. The average Bonchev–Trinajstić information content (AvgIpc) is 2.45. The van der Waals surface area contributed by atoms with Gasteiger partial charge in [0, 0.05) is 32.4 Å². The maximum Gasteiger partial charge on any atom is 0.0640 e. The Morgan fingerprint density at radius 3 is 2.42 bits per heavy atom. The van der Waals surface area contributed by atoms with Crippen LogP contribution in [0.15, 0.2) is 24.3 Å². The van der Waals surface area contributed by atoms with Crippen molar-refractivity contribution in [2.24, 2.45) is 0 Å². The Kier molecular flexibility index (Phi) is 6.94. The molecule has 0 aliphatic heterocycles. The quantitative estimate of drug-likeness (QED) is 0.776. The molecule has 0 saturated heterocycles. The summed E-state index contributed by atoms with van der Waals surface area (Å²) in [6.07, 6.45) is 0.540. The van der Waals surface area contributed by atoms with Gasteiger partial charge in [0.25, 0.3) is 0 Å². The van der Waals surface area contributed by atoms with E-state index in [-0.39, 0.29) is 6.61 Å². The van der Waals surface area contributed by atoms with Crippen molar-refractivity contribution in [1.82, 2.24) is 4.90 Å². The lowest BCUT2D eigenvalue weighted by atomic mass is 10.2. The third kappa shape index (κ3) is 5.29. The van der Waals surface area contributed by atoms with E-state index in [1.807, 2.05) is 7.05 Å². The molecule has 0 unspecified atom stereocenters. The van der Waals surface area contributed by atoms with Gasteiger partial charge in [-0.05, 0) is 24.2 Å². The van der Waals surface area contributed by atoms with Crippen LogP contribution in [0, 0.1) is 11.3 Å². The van der Waals surface area contributed by atoms with Crippen molar-refractivity contribution in [3.8, 4) is 6.07 Å². The number of anilines is 1. The van der Waals surface area contributed by atoms with Crippen LogP contribution in [0.25, 0.3) is 0 Å². The zero-order valence-corrected chi connectivity index (χ0v) is 11.8. The SMILES string of the molecule is CCN(CCO)Cc1ccc(N(C)CCC#N)cc1. The molecule has 0 heterocycles. The number of benzene rings is 1. The first kappa shape index (κ1) is 15.5. The van der Waals surface area contributed by atoms with E-state index in [0.717, 1.165) is 25.3 Å². The fourth-order valence-corrected chi connectivity index (χ4v) is 1.95. The predicted molar refractivity (Wildman–Crippen MR) is 78.0 cm³/mol. The van der Waals surface area contributed by atoms with Crippen LogP contribution in [0.5, 0.6) is 0 Å². The second kappa shape index (κ2) is 8.52. The summed E-state index contributed by atoms with van der Waals surface area (Å²) in [5, 5.41) is 17.6. The number of nitrogens with zero attached hydrogens (tertiary/aromatic N) is 3. The van der Waals surface area contributed by atoms with Crippen molar-refractivity contribution < 1.29 is 5.11 Å². The Hall–Kier alpha value is -1.57. The summed E-state index contributed by atoms with van der Waals surface area (Å²) in [5.74, 6) is 0. The molecule has 0 amide bonds. The molecular formula is C15H23N3O. The number of hydrogen-bond donors (Lipinski definition) is 1. The molecule has 19 heavy (non-hydrogen) atoms. The molecular weight excluding hydrogens is 238 g/mol. The molecule has 1 rings (SSSR count). The number of likely N-dealkylation sites (N-methyl/N-ethyl adjacent to an activating group) is 1. The zero-order valence-electron chi connectivity index (χ0n) is 11.8. The standard InChI is InChI=1S/C15H23N3O/c1-3-18(11-12-19)13-14-5-7-15(8-6-14)17(2)10-4-9-16/h5-8,19H,3-4,10-13H2,1-2H3. The lowest BCUT2D eigenvalue weighted by Crippen LogP contribution is -2.26. The van der Waals surface area contributed by atoms with Crippen LogP contribution in [0.4, 0.5) is 5.69 Å². The summed E-state index contributed by atoms with van der Waals surface area (Å²) in [4.78, 5) is 4.28. The normalized spacial score (nSPS) is 10.5. The molecule has 0 aromatic heterocycles. The summed E-state index contributed by atoms with van der Waals surface area (Å²) in [6, 6.07) is 10.5. The predicted octanol–water partition coefficient (Wildman–Crippen LogP) is 1.85. The monoisotopic (exact) mass is 261 g/mol. The van der Waals surface area contributed by atoms with Crippen LogP contribution in [0.1, 0.15) is 18.9 Å². The third-order valence-corrected chi connectivity index (χ3v) is 3.21. The van der Waals surface area contributed by atoms with E-state index in [1.54, 1.807) is 0 Å². The minimum absolute atomic E-state index is 0.197. The van der Waals surface area contributed by atoms with E-state index in [0.29, 0.717) is 13.0 Å². The van der Waals surface area contributed by atoms with Gasteiger partial charge in [0.05, 0.1) is 19.1 Å². The number of aliphatic hydroxyl groups is 1. The van der Waals surface area contributed by atoms with Gasteiger partial charge in [0.15, 0.2) is 0 Å². The lowest BCUT2D eigenvalue weighted by Gasteiger charge is -2.21. The summed E-state index contributed by atoms with van der Waals surface area (Å²) >= 11 is 0. The first-order valence-corrected chi connectivity index (χ1v) is 6.71. The molecule has 1 aromatic carbocycles. The van der Waals surface area contributed by atoms with Crippen LogP contribution in [-0.4, -0.2) is 43.3 Å². The first-order valence-electron chi connectivity index (χ1n) is 6.71. The topological polar surface area (TPSA) is 50.5 Å². The van der Waals surface area contributed by atoms with Crippen LogP contribution >= 0.6 is 0 Å². The largest absolute Gasteiger partial charge is 0.395 e. The van der Waals surface area contributed by atoms with E-state index in [9.17, 15) is 0 Å². The van der Waals surface area contributed by atoms with E-state index in [2.05, 4.69) is 47.1 Å². The molecule has 0 radical (unpaired) electrons. The maximum absolute atomic E-state index is 8.97. The lowest BCUT2D eigenvalue weighted by molar-refractivity contribution is 0.197. The molecule has 1 aromatic rings. The average molecular weight is 261 g/mol. The van der Waals surface area contributed by atoms with Crippen molar-refractivity contribution >= 4 is 5.69 Å². The molecule has 4 heteroatoms. The molecule has 0 aliphatic rings. The highest BCUT2D eigenvalue weighted by Crippen LogP contribution is 2.15. The Bertz CT molecular complexity index is 397. The number of hydrogen-bond acceptors (Lipinski definition) is 4. The first-order chi connectivity index (χ1) is 9.21. The van der Waals surface area contributed by atoms with Gasteiger partial charge in [0.1, 0.15) is 0 Å². The minimum atomic E-state index is 0.197. The molecule has 0 saturated carbocycles. The van der Waals surface area contributed by atoms with E-state index in [4.69, 9.17) is 10.4 Å². The minimum Gasteiger partial charge on any atom is -0.395 e. The van der Waals surface area contributed by atoms with Crippen molar-refractivity contribution in [3.63, 3.8) is 0 Å². The van der Waals surface area contributed by atoms with Crippen molar-refractivity contribution in [2.75, 3.05) is 38.2 Å². The highest BCUT2D eigenvalue weighted by Gasteiger charge is 2.04. The number of rotatable bonds is 8. The molecule has 4 nitrogen and oxygen atoms in total. The van der Waals surface area contributed by atoms with Gasteiger partial charge < -0.3 is 10.0 Å². The Morgan fingerprint density at radius 2 is 1.89 bits per heavy atom. The van der Waals surface area contributed by atoms with Gasteiger partial charge in [0.2, 0.25) is 0 Å². The molecule has 104 valence electrons. The van der Waals surface area contributed by atoms with Gasteiger partial charge in [-0.3, -0.25) is 4.90 Å². The van der Waals surface area contributed by atoms with Gasteiger partial charge in [-0.1, -0.05) is 19.1 Å². The molecule has 0 atom stereocenters. The highest BCUT2D eigenvalue weighted by atomic mass is 16.3. The summed E-state index contributed by atoms with van der Waals surface area (Å²) < 4.78 is 0. The van der Waals surface area contributed by atoms with E-state index in [1.165, 1.54) is 5.56 Å². The second-order valence-electron chi connectivity index (χ2n) is 4.59. The number of nitriles is 1. The molecule has 0 spiro atoms. The van der Waals surface area contributed by atoms with Crippen molar-refractivity contribution in [3.05, 3.63) is 29.8 Å². The third-order valence-electron chi connectivity index (χ3n) is 3.21. The fourth-order valence-electron chi connectivity index (χ4n) is 1.95. The summed E-state index contributed by atoms with van der Waals surface area (Å²) in [6.45, 7) is 5.55. The number of aliphatic hydroxyl groups excluding tert-OH is 1. The molecule has 0 aliphatic carbocycles. The zero-order chi connectivity index (χ0) is 14.1. The fraction of sp³-hybridized carbons (Fsp3) is 0.533. The molecule has 1 N–H and O–H groups in total. The van der Waals surface area contributed by atoms with Gasteiger partial charge >= 0.3 is 0 Å². The van der Waals surface area contributed by atoms with Crippen LogP contribution in [-0.2, 0) is 6.54 Å². The Morgan fingerprint density at radius 1 is 1.21 bits per heavy atom. The smallest absolute Gasteiger partial charge is 0.0640 e. The Balaban J connectivity index is 2.58. The van der Waals surface area contributed by atoms with Crippen LogP contribution < -0.4 is 4.90 Å². The van der Waals surface area contributed by atoms with E-state index >= 15 is 0 Å². The second-order valence-corrected chi connectivity index (χ2v) is 4.59. The molecule has 0 fully saturated rings. The van der Waals surface area contributed by atoms with Crippen molar-refractivity contribution in [1.29, 1.82) is 5.26 Å². The van der Waals surface area contributed by atoms with Gasteiger partial charge in [-0.2, -0.15) is 5.26 Å².